The van der Waals surface area contributed by atoms with E-state index in [2.05, 4.69) is 39.2 Å². The van der Waals surface area contributed by atoms with Crippen molar-refractivity contribution in [2.45, 2.75) is 13.0 Å². The molecule has 0 aliphatic rings. The summed E-state index contributed by atoms with van der Waals surface area (Å²) in [6.45, 7) is 2.94. The van der Waals surface area contributed by atoms with Gasteiger partial charge < -0.3 is 5.32 Å². The Morgan fingerprint density at radius 1 is 1.33 bits per heavy atom. The van der Waals surface area contributed by atoms with E-state index in [1.165, 1.54) is 0 Å². The van der Waals surface area contributed by atoms with Crippen LogP contribution in [0, 0.1) is 0 Å². The van der Waals surface area contributed by atoms with Gasteiger partial charge in [-0.05, 0) is 45.7 Å². The number of aromatic nitrogens is 1. The summed E-state index contributed by atoms with van der Waals surface area (Å²) in [6.07, 6.45) is 3.64. The van der Waals surface area contributed by atoms with E-state index in [0.717, 1.165) is 27.2 Å². The molecule has 0 fully saturated rings. The maximum absolute atomic E-state index is 6.37. The Morgan fingerprint density at radius 2 is 2.17 bits per heavy atom. The van der Waals surface area contributed by atoms with Crippen molar-refractivity contribution in [3.05, 3.63) is 63.3 Å². The van der Waals surface area contributed by atoms with Gasteiger partial charge in [-0.25, -0.2) is 0 Å². The summed E-state index contributed by atoms with van der Waals surface area (Å²) in [5, 5.41) is 4.18. The monoisotopic (exact) mass is 324 g/mol. The van der Waals surface area contributed by atoms with E-state index in [9.17, 15) is 0 Å². The van der Waals surface area contributed by atoms with Crippen LogP contribution in [0.15, 0.2) is 47.2 Å². The molecule has 1 aromatic heterocycles. The van der Waals surface area contributed by atoms with Crippen LogP contribution in [-0.4, -0.2) is 11.5 Å². The van der Waals surface area contributed by atoms with Crippen LogP contribution in [0.2, 0.25) is 5.02 Å². The highest BCUT2D eigenvalue weighted by Gasteiger charge is 2.17. The fraction of sp³-hybridized carbons (Fsp3) is 0.214. The van der Waals surface area contributed by atoms with Gasteiger partial charge in [0.15, 0.2) is 0 Å². The third-order valence-electron chi connectivity index (χ3n) is 2.72. The average Bonchev–Trinajstić information content (AvgIpc) is 2.41. The topological polar surface area (TPSA) is 24.9 Å². The van der Waals surface area contributed by atoms with E-state index in [1.807, 2.05) is 30.5 Å². The largest absolute Gasteiger partial charge is 0.306 e. The van der Waals surface area contributed by atoms with E-state index in [0.29, 0.717) is 0 Å². The van der Waals surface area contributed by atoms with E-state index < -0.39 is 0 Å². The van der Waals surface area contributed by atoms with Crippen LogP contribution >= 0.6 is 27.5 Å². The van der Waals surface area contributed by atoms with Crippen molar-refractivity contribution in [1.29, 1.82) is 0 Å². The van der Waals surface area contributed by atoms with Crippen molar-refractivity contribution in [3.8, 4) is 0 Å². The molecule has 0 saturated carbocycles. The summed E-state index contributed by atoms with van der Waals surface area (Å²) in [4.78, 5) is 4.17. The molecule has 0 radical (unpaired) electrons. The van der Waals surface area contributed by atoms with Crippen molar-refractivity contribution < 1.29 is 0 Å². The van der Waals surface area contributed by atoms with Crippen LogP contribution in [0.3, 0.4) is 0 Å². The Morgan fingerprint density at radius 3 is 2.83 bits per heavy atom. The Hall–Kier alpha value is -0.900. The van der Waals surface area contributed by atoms with Gasteiger partial charge in [0.2, 0.25) is 0 Å². The average molecular weight is 326 g/mol. The summed E-state index contributed by atoms with van der Waals surface area (Å²) in [5.74, 6) is 0. The van der Waals surface area contributed by atoms with Gasteiger partial charge in [0.05, 0.1) is 11.1 Å². The normalized spacial score (nSPS) is 12.4. The van der Waals surface area contributed by atoms with Crippen molar-refractivity contribution in [2.75, 3.05) is 6.54 Å². The SMILES string of the molecule is CCNC(c1cccnc1)c1cccc(Br)c1Cl. The quantitative estimate of drug-likeness (QED) is 0.911. The third kappa shape index (κ3) is 2.91. The molecule has 1 unspecified atom stereocenters. The van der Waals surface area contributed by atoms with Crippen molar-refractivity contribution in [3.63, 3.8) is 0 Å². The van der Waals surface area contributed by atoms with Crippen LogP contribution in [0.25, 0.3) is 0 Å². The van der Waals surface area contributed by atoms with Gasteiger partial charge >= 0.3 is 0 Å². The summed E-state index contributed by atoms with van der Waals surface area (Å²) in [7, 11) is 0. The van der Waals surface area contributed by atoms with Gasteiger partial charge in [0, 0.05) is 16.9 Å². The van der Waals surface area contributed by atoms with Gasteiger partial charge in [-0.1, -0.05) is 36.7 Å². The predicted octanol–water partition coefficient (Wildman–Crippen LogP) is 4.20. The zero-order valence-corrected chi connectivity index (χ0v) is 12.4. The standard InChI is InChI=1S/C14H14BrClN2/c1-2-18-14(10-5-4-8-17-9-10)11-6-3-7-12(15)13(11)16/h3-9,14,18H,2H2,1H3. The highest BCUT2D eigenvalue weighted by Crippen LogP contribution is 2.33. The minimum absolute atomic E-state index is 0.0636. The fourth-order valence-electron chi connectivity index (χ4n) is 1.90. The molecule has 0 saturated heterocycles. The Bertz CT molecular complexity index is 516. The highest BCUT2D eigenvalue weighted by atomic mass is 79.9. The molecule has 18 heavy (non-hydrogen) atoms. The summed E-state index contributed by atoms with van der Waals surface area (Å²) >= 11 is 9.83. The lowest BCUT2D eigenvalue weighted by Gasteiger charge is -2.20. The molecule has 2 nitrogen and oxygen atoms in total. The van der Waals surface area contributed by atoms with Crippen LogP contribution in [0.5, 0.6) is 0 Å². The first kappa shape index (κ1) is 13.5. The number of pyridine rings is 1. The molecule has 1 aromatic carbocycles. The van der Waals surface area contributed by atoms with E-state index in [-0.39, 0.29) is 6.04 Å². The molecule has 1 N–H and O–H groups in total. The molecule has 94 valence electrons. The zero-order valence-electron chi connectivity index (χ0n) is 10.0. The van der Waals surface area contributed by atoms with Gasteiger partial charge in [-0.3, -0.25) is 4.98 Å². The number of nitrogens with one attached hydrogen (secondary N) is 1. The van der Waals surface area contributed by atoms with E-state index in [4.69, 9.17) is 11.6 Å². The first-order chi connectivity index (χ1) is 8.74. The minimum atomic E-state index is 0.0636. The van der Waals surface area contributed by atoms with Crippen LogP contribution in [-0.2, 0) is 0 Å². The molecular formula is C14H14BrClN2. The maximum Gasteiger partial charge on any atom is 0.0607 e. The molecule has 0 bridgehead atoms. The maximum atomic E-state index is 6.37. The Labute approximate surface area is 121 Å². The van der Waals surface area contributed by atoms with Crippen molar-refractivity contribution in [1.82, 2.24) is 10.3 Å². The molecule has 2 aromatic rings. The second-order valence-electron chi connectivity index (χ2n) is 3.92. The zero-order chi connectivity index (χ0) is 13.0. The van der Waals surface area contributed by atoms with Gasteiger partial charge in [-0.2, -0.15) is 0 Å². The first-order valence-corrected chi connectivity index (χ1v) is 6.98. The fourth-order valence-corrected chi connectivity index (χ4v) is 2.52. The molecule has 0 aliphatic carbocycles. The molecule has 2 rings (SSSR count). The van der Waals surface area contributed by atoms with Crippen LogP contribution < -0.4 is 5.32 Å². The van der Waals surface area contributed by atoms with E-state index in [1.54, 1.807) is 6.20 Å². The molecule has 1 atom stereocenters. The lowest BCUT2D eigenvalue weighted by Crippen LogP contribution is -2.22. The molecule has 0 amide bonds. The van der Waals surface area contributed by atoms with Gasteiger partial charge in [0.1, 0.15) is 0 Å². The number of hydrogen-bond donors (Lipinski definition) is 1. The minimum Gasteiger partial charge on any atom is -0.306 e. The number of rotatable bonds is 4. The second-order valence-corrected chi connectivity index (χ2v) is 5.15. The molecule has 1 heterocycles. The predicted molar refractivity (Wildman–Crippen MR) is 78.9 cm³/mol. The second kappa shape index (κ2) is 6.32. The lowest BCUT2D eigenvalue weighted by molar-refractivity contribution is 0.628. The number of nitrogens with zero attached hydrogens (tertiary/aromatic N) is 1. The summed E-state index contributed by atoms with van der Waals surface area (Å²) < 4.78 is 0.911. The molecule has 0 spiro atoms. The molecule has 4 heteroatoms. The third-order valence-corrected chi connectivity index (χ3v) is 4.03. The van der Waals surface area contributed by atoms with Crippen LogP contribution in [0.1, 0.15) is 24.1 Å². The number of halogens is 2. The van der Waals surface area contributed by atoms with Gasteiger partial charge in [-0.15, -0.1) is 0 Å². The smallest absolute Gasteiger partial charge is 0.0607 e. The Balaban J connectivity index is 2.45. The number of hydrogen-bond acceptors (Lipinski definition) is 2. The first-order valence-electron chi connectivity index (χ1n) is 5.81. The van der Waals surface area contributed by atoms with E-state index >= 15 is 0 Å². The summed E-state index contributed by atoms with van der Waals surface area (Å²) in [6, 6.07) is 10.0. The summed E-state index contributed by atoms with van der Waals surface area (Å²) in [5.41, 5.74) is 2.17. The Kier molecular flexibility index (Phi) is 4.75. The van der Waals surface area contributed by atoms with Crippen molar-refractivity contribution in [2.24, 2.45) is 0 Å². The molecular weight excluding hydrogens is 312 g/mol. The lowest BCUT2D eigenvalue weighted by atomic mass is 10.00. The number of benzene rings is 1. The van der Waals surface area contributed by atoms with Crippen molar-refractivity contribution >= 4 is 27.5 Å². The van der Waals surface area contributed by atoms with Crippen LogP contribution in [0.4, 0.5) is 0 Å². The highest BCUT2D eigenvalue weighted by molar-refractivity contribution is 9.10. The van der Waals surface area contributed by atoms with Gasteiger partial charge in [0.25, 0.3) is 0 Å². The molecule has 0 aliphatic heterocycles.